The van der Waals surface area contributed by atoms with Gasteiger partial charge in [0.1, 0.15) is 0 Å². The highest BCUT2D eigenvalue weighted by Gasteiger charge is 2.14. The number of nitrogens with one attached hydrogen (secondary N) is 2. The smallest absolute Gasteiger partial charge is 0.220 e. The maximum Gasteiger partial charge on any atom is 0.220 e. The average Bonchev–Trinajstić information content (AvgIpc) is 2.88. The van der Waals surface area contributed by atoms with E-state index in [-0.39, 0.29) is 5.91 Å². The number of hydrogen-bond donors (Lipinski definition) is 2. The molecule has 1 fully saturated rings. The molecule has 0 aromatic heterocycles. The van der Waals surface area contributed by atoms with Crippen molar-refractivity contribution in [1.82, 2.24) is 10.6 Å². The summed E-state index contributed by atoms with van der Waals surface area (Å²) in [5, 5.41) is 6.32. The molecule has 0 aliphatic carbocycles. The third-order valence-corrected chi connectivity index (χ3v) is 3.23. The minimum absolute atomic E-state index is 0.167. The molecule has 1 aliphatic rings. The van der Waals surface area contributed by atoms with Crippen LogP contribution in [0.4, 0.5) is 0 Å². The molecule has 1 amide bonds. The largest absolute Gasteiger partial charge is 0.356 e. The van der Waals surface area contributed by atoms with Crippen LogP contribution in [0.5, 0.6) is 0 Å². The molecule has 2 rings (SSSR count). The van der Waals surface area contributed by atoms with Gasteiger partial charge in [0, 0.05) is 13.0 Å². The Bertz CT molecular complexity index is 344. The second kappa shape index (κ2) is 6.40. The van der Waals surface area contributed by atoms with Crippen LogP contribution < -0.4 is 10.6 Å². The first-order valence-corrected chi connectivity index (χ1v) is 6.36. The highest BCUT2D eigenvalue weighted by atomic mass is 16.1. The van der Waals surface area contributed by atoms with Gasteiger partial charge in [-0.15, -0.1) is 0 Å². The van der Waals surface area contributed by atoms with E-state index in [0.29, 0.717) is 12.3 Å². The van der Waals surface area contributed by atoms with Gasteiger partial charge in [-0.1, -0.05) is 30.3 Å². The van der Waals surface area contributed by atoms with Crippen molar-refractivity contribution < 1.29 is 4.79 Å². The van der Waals surface area contributed by atoms with E-state index in [9.17, 15) is 4.79 Å². The van der Waals surface area contributed by atoms with Crippen LogP contribution in [0.15, 0.2) is 30.3 Å². The van der Waals surface area contributed by atoms with E-state index in [1.807, 2.05) is 18.2 Å². The molecule has 2 N–H and O–H groups in total. The van der Waals surface area contributed by atoms with Gasteiger partial charge < -0.3 is 10.6 Å². The number of benzene rings is 1. The average molecular weight is 232 g/mol. The quantitative estimate of drug-likeness (QED) is 0.804. The molecular weight excluding hydrogens is 212 g/mol. The normalized spacial score (nSPS) is 19.2. The van der Waals surface area contributed by atoms with Gasteiger partial charge in [0.15, 0.2) is 0 Å². The Morgan fingerprint density at radius 3 is 2.88 bits per heavy atom. The third-order valence-electron chi connectivity index (χ3n) is 3.23. The predicted molar refractivity (Wildman–Crippen MR) is 68.7 cm³/mol. The summed E-state index contributed by atoms with van der Waals surface area (Å²) in [7, 11) is 0. The van der Waals surface area contributed by atoms with Crippen LogP contribution in [0, 0.1) is 5.92 Å². The van der Waals surface area contributed by atoms with Crippen molar-refractivity contribution in [2.75, 3.05) is 19.6 Å². The molecule has 1 aliphatic heterocycles. The zero-order valence-corrected chi connectivity index (χ0v) is 10.1. The van der Waals surface area contributed by atoms with Crippen LogP contribution in [-0.4, -0.2) is 25.5 Å². The number of aryl methyl sites for hydroxylation is 1. The molecule has 0 saturated carbocycles. The monoisotopic (exact) mass is 232 g/mol. The third kappa shape index (κ3) is 4.19. The van der Waals surface area contributed by atoms with Crippen molar-refractivity contribution in [2.24, 2.45) is 5.92 Å². The Morgan fingerprint density at radius 1 is 1.35 bits per heavy atom. The van der Waals surface area contributed by atoms with E-state index in [1.54, 1.807) is 0 Å². The van der Waals surface area contributed by atoms with Gasteiger partial charge in [-0.25, -0.2) is 0 Å². The van der Waals surface area contributed by atoms with Crippen molar-refractivity contribution >= 4 is 5.91 Å². The van der Waals surface area contributed by atoms with Gasteiger partial charge >= 0.3 is 0 Å². The van der Waals surface area contributed by atoms with Crippen molar-refractivity contribution in [1.29, 1.82) is 0 Å². The lowest BCUT2D eigenvalue weighted by Crippen LogP contribution is -2.30. The highest BCUT2D eigenvalue weighted by molar-refractivity contribution is 5.76. The molecule has 1 aromatic carbocycles. The lowest BCUT2D eigenvalue weighted by molar-refractivity contribution is -0.121. The summed E-state index contributed by atoms with van der Waals surface area (Å²) in [5.41, 5.74) is 1.23. The summed E-state index contributed by atoms with van der Waals surface area (Å²) in [6.45, 7) is 2.95. The molecule has 1 atom stereocenters. The lowest BCUT2D eigenvalue weighted by Gasteiger charge is -2.09. The van der Waals surface area contributed by atoms with E-state index in [2.05, 4.69) is 22.8 Å². The SMILES string of the molecule is O=C(CCc1ccccc1)NCC1CCNC1. The number of hydrogen-bond acceptors (Lipinski definition) is 2. The Kier molecular flexibility index (Phi) is 4.56. The number of amides is 1. The number of carbonyl (C=O) groups excluding carboxylic acids is 1. The summed E-state index contributed by atoms with van der Waals surface area (Å²) < 4.78 is 0. The molecule has 3 heteroatoms. The number of rotatable bonds is 5. The second-order valence-corrected chi connectivity index (χ2v) is 4.65. The first-order chi connectivity index (χ1) is 8.34. The van der Waals surface area contributed by atoms with Crippen LogP contribution in [0.2, 0.25) is 0 Å². The zero-order chi connectivity index (χ0) is 11.9. The fraction of sp³-hybridized carbons (Fsp3) is 0.500. The van der Waals surface area contributed by atoms with E-state index >= 15 is 0 Å². The van der Waals surface area contributed by atoms with Gasteiger partial charge in [-0.05, 0) is 37.4 Å². The fourth-order valence-electron chi connectivity index (χ4n) is 2.14. The minimum Gasteiger partial charge on any atom is -0.356 e. The minimum atomic E-state index is 0.167. The molecule has 1 aromatic rings. The van der Waals surface area contributed by atoms with E-state index in [4.69, 9.17) is 0 Å². The molecule has 1 saturated heterocycles. The summed E-state index contributed by atoms with van der Waals surface area (Å²) in [5.74, 6) is 0.788. The molecule has 0 spiro atoms. The summed E-state index contributed by atoms with van der Waals surface area (Å²) in [6, 6.07) is 10.1. The molecule has 3 nitrogen and oxygen atoms in total. The van der Waals surface area contributed by atoms with Crippen LogP contribution in [0.3, 0.4) is 0 Å². The van der Waals surface area contributed by atoms with Crippen molar-refractivity contribution in [3.8, 4) is 0 Å². The van der Waals surface area contributed by atoms with Crippen LogP contribution in [0.25, 0.3) is 0 Å². The Balaban J connectivity index is 1.64. The van der Waals surface area contributed by atoms with Gasteiger partial charge in [-0.3, -0.25) is 4.79 Å². The molecule has 0 bridgehead atoms. The Labute approximate surface area is 103 Å². The topological polar surface area (TPSA) is 41.1 Å². The standard InChI is InChI=1S/C14H20N2O/c17-14(16-11-13-8-9-15-10-13)7-6-12-4-2-1-3-5-12/h1-5,13,15H,6-11H2,(H,16,17). The maximum absolute atomic E-state index is 11.6. The fourth-order valence-corrected chi connectivity index (χ4v) is 2.14. The van der Waals surface area contributed by atoms with Crippen LogP contribution in [-0.2, 0) is 11.2 Å². The van der Waals surface area contributed by atoms with Gasteiger partial charge in [0.2, 0.25) is 5.91 Å². The summed E-state index contributed by atoms with van der Waals surface area (Å²) in [6.07, 6.45) is 2.60. The van der Waals surface area contributed by atoms with Crippen molar-refractivity contribution in [2.45, 2.75) is 19.3 Å². The zero-order valence-electron chi connectivity index (χ0n) is 10.1. The van der Waals surface area contributed by atoms with E-state index in [0.717, 1.165) is 26.1 Å². The van der Waals surface area contributed by atoms with E-state index < -0.39 is 0 Å². The molecule has 0 radical (unpaired) electrons. The van der Waals surface area contributed by atoms with Crippen LogP contribution >= 0.6 is 0 Å². The Morgan fingerprint density at radius 2 is 2.18 bits per heavy atom. The summed E-state index contributed by atoms with van der Waals surface area (Å²) in [4.78, 5) is 11.6. The lowest BCUT2D eigenvalue weighted by atomic mass is 10.1. The van der Waals surface area contributed by atoms with E-state index in [1.165, 1.54) is 12.0 Å². The predicted octanol–water partition coefficient (Wildman–Crippen LogP) is 1.34. The highest BCUT2D eigenvalue weighted by Crippen LogP contribution is 2.06. The van der Waals surface area contributed by atoms with Crippen molar-refractivity contribution in [3.63, 3.8) is 0 Å². The molecular formula is C14H20N2O. The molecule has 92 valence electrons. The van der Waals surface area contributed by atoms with Crippen molar-refractivity contribution in [3.05, 3.63) is 35.9 Å². The van der Waals surface area contributed by atoms with Crippen LogP contribution in [0.1, 0.15) is 18.4 Å². The summed E-state index contributed by atoms with van der Waals surface area (Å²) >= 11 is 0. The Hall–Kier alpha value is -1.35. The maximum atomic E-state index is 11.6. The van der Waals surface area contributed by atoms with Gasteiger partial charge in [0.25, 0.3) is 0 Å². The first kappa shape index (κ1) is 12.1. The molecule has 1 unspecified atom stereocenters. The second-order valence-electron chi connectivity index (χ2n) is 4.65. The molecule has 17 heavy (non-hydrogen) atoms. The first-order valence-electron chi connectivity index (χ1n) is 6.36. The van der Waals surface area contributed by atoms with Gasteiger partial charge in [-0.2, -0.15) is 0 Å². The molecule has 1 heterocycles. The number of carbonyl (C=O) groups is 1. The van der Waals surface area contributed by atoms with Gasteiger partial charge in [0.05, 0.1) is 0 Å².